The smallest absolute Gasteiger partial charge is 0.186 e. The van der Waals surface area contributed by atoms with Crippen LogP contribution in [-0.4, -0.2) is 30.6 Å². The second-order valence-electron chi connectivity index (χ2n) is 3.98. The number of rotatable bonds is 4. The summed E-state index contributed by atoms with van der Waals surface area (Å²) in [6.07, 6.45) is 2.83. The fourth-order valence-electron chi connectivity index (χ4n) is 1.69. The average molecular weight is 233 g/mol. The van der Waals surface area contributed by atoms with Crippen LogP contribution in [0.5, 0.6) is 0 Å². The summed E-state index contributed by atoms with van der Waals surface area (Å²) in [6, 6.07) is 1.83. The molecule has 0 aromatic carbocycles. The van der Waals surface area contributed by atoms with E-state index in [-0.39, 0.29) is 12.2 Å². The van der Waals surface area contributed by atoms with E-state index in [2.05, 4.69) is 15.4 Å². The lowest BCUT2D eigenvalue weighted by Crippen LogP contribution is -2.09. The molecule has 2 aromatic heterocycles. The molecule has 0 aliphatic heterocycles. The molecule has 2 aromatic rings. The lowest BCUT2D eigenvalue weighted by Gasteiger charge is -1.97. The third kappa shape index (κ3) is 2.41. The molecule has 0 aliphatic carbocycles. The Labute approximate surface area is 99.2 Å². The minimum atomic E-state index is 0.0141. The SMILES string of the molecule is CCc1cc(C(=O)Cc2cn(C)nn2)n(C)n1. The van der Waals surface area contributed by atoms with Gasteiger partial charge >= 0.3 is 0 Å². The zero-order chi connectivity index (χ0) is 12.4. The second-order valence-corrected chi connectivity index (χ2v) is 3.98. The predicted molar refractivity (Wildman–Crippen MR) is 61.6 cm³/mol. The van der Waals surface area contributed by atoms with Crippen molar-refractivity contribution in [2.24, 2.45) is 14.1 Å². The summed E-state index contributed by atoms with van der Waals surface area (Å²) in [6.45, 7) is 2.01. The summed E-state index contributed by atoms with van der Waals surface area (Å²) < 4.78 is 3.21. The molecule has 0 amide bonds. The lowest BCUT2D eigenvalue weighted by molar-refractivity contribution is 0.0983. The summed E-state index contributed by atoms with van der Waals surface area (Å²) in [5.41, 5.74) is 2.22. The Balaban J connectivity index is 2.16. The highest BCUT2D eigenvalue weighted by Gasteiger charge is 2.14. The Hall–Kier alpha value is -1.98. The normalized spacial score (nSPS) is 10.8. The van der Waals surface area contributed by atoms with Crippen molar-refractivity contribution < 1.29 is 4.79 Å². The van der Waals surface area contributed by atoms with Gasteiger partial charge in [0, 0.05) is 20.3 Å². The van der Waals surface area contributed by atoms with E-state index < -0.39 is 0 Å². The number of Topliss-reactive ketones (excluding diaryl/α,β-unsaturated/α-hetero) is 1. The Bertz CT molecular complexity index is 540. The van der Waals surface area contributed by atoms with Gasteiger partial charge in [-0.2, -0.15) is 5.10 Å². The van der Waals surface area contributed by atoms with Crippen LogP contribution in [0.15, 0.2) is 12.3 Å². The number of ketones is 1. The van der Waals surface area contributed by atoms with E-state index in [1.807, 2.05) is 13.0 Å². The van der Waals surface area contributed by atoms with E-state index in [9.17, 15) is 4.79 Å². The zero-order valence-electron chi connectivity index (χ0n) is 10.2. The van der Waals surface area contributed by atoms with Gasteiger partial charge in [-0.25, -0.2) is 0 Å². The van der Waals surface area contributed by atoms with Gasteiger partial charge in [0.05, 0.1) is 17.8 Å². The number of carbonyl (C=O) groups excluding carboxylic acids is 1. The first kappa shape index (κ1) is 11.5. The number of aromatic nitrogens is 5. The molecule has 0 N–H and O–H groups in total. The molecular formula is C11H15N5O. The molecule has 17 heavy (non-hydrogen) atoms. The van der Waals surface area contributed by atoms with Gasteiger partial charge in [0.2, 0.25) is 0 Å². The van der Waals surface area contributed by atoms with E-state index in [0.29, 0.717) is 11.4 Å². The third-order valence-corrected chi connectivity index (χ3v) is 2.57. The van der Waals surface area contributed by atoms with Crippen molar-refractivity contribution in [2.45, 2.75) is 19.8 Å². The summed E-state index contributed by atoms with van der Waals surface area (Å²) in [4.78, 5) is 12.0. The van der Waals surface area contributed by atoms with E-state index >= 15 is 0 Å². The summed E-state index contributed by atoms with van der Waals surface area (Å²) in [5.74, 6) is 0.0141. The van der Waals surface area contributed by atoms with E-state index in [0.717, 1.165) is 12.1 Å². The van der Waals surface area contributed by atoms with Crippen LogP contribution in [0.25, 0.3) is 0 Å². The van der Waals surface area contributed by atoms with Gasteiger partial charge in [0.15, 0.2) is 5.78 Å². The quantitative estimate of drug-likeness (QED) is 0.723. The minimum absolute atomic E-state index is 0.0141. The first-order chi connectivity index (χ1) is 8.10. The Morgan fingerprint density at radius 1 is 1.35 bits per heavy atom. The predicted octanol–water partition coefficient (Wildman–Crippen LogP) is 0.536. The highest BCUT2D eigenvalue weighted by molar-refractivity contribution is 5.95. The van der Waals surface area contributed by atoms with Crippen molar-refractivity contribution in [3.05, 3.63) is 29.3 Å². The fourth-order valence-corrected chi connectivity index (χ4v) is 1.69. The fraction of sp³-hybridized carbons (Fsp3) is 0.455. The lowest BCUT2D eigenvalue weighted by atomic mass is 10.1. The minimum Gasteiger partial charge on any atom is -0.292 e. The van der Waals surface area contributed by atoms with Gasteiger partial charge < -0.3 is 0 Å². The maximum atomic E-state index is 12.0. The van der Waals surface area contributed by atoms with Gasteiger partial charge in [-0.3, -0.25) is 14.2 Å². The standard InChI is InChI=1S/C11H15N5O/c1-4-8-5-10(16(3)13-8)11(17)6-9-7-15(2)14-12-9/h5,7H,4,6H2,1-3H3. The van der Waals surface area contributed by atoms with Gasteiger partial charge in [-0.15, -0.1) is 5.10 Å². The molecular weight excluding hydrogens is 218 g/mol. The molecule has 0 bridgehead atoms. The molecule has 0 saturated carbocycles. The second kappa shape index (κ2) is 4.48. The van der Waals surface area contributed by atoms with E-state index in [1.165, 1.54) is 0 Å². The highest BCUT2D eigenvalue weighted by Crippen LogP contribution is 2.07. The van der Waals surface area contributed by atoms with Gasteiger partial charge in [0.25, 0.3) is 0 Å². The van der Waals surface area contributed by atoms with Gasteiger partial charge in [-0.05, 0) is 12.5 Å². The molecule has 2 heterocycles. The Morgan fingerprint density at radius 3 is 2.65 bits per heavy atom. The maximum Gasteiger partial charge on any atom is 0.186 e. The first-order valence-electron chi connectivity index (χ1n) is 5.51. The van der Waals surface area contributed by atoms with Crippen LogP contribution in [0.4, 0.5) is 0 Å². The molecule has 6 heteroatoms. The Kier molecular flexibility index (Phi) is 3.03. The van der Waals surface area contributed by atoms with Crippen molar-refractivity contribution in [3.63, 3.8) is 0 Å². The number of carbonyl (C=O) groups is 1. The van der Waals surface area contributed by atoms with Crippen LogP contribution in [0.3, 0.4) is 0 Å². The largest absolute Gasteiger partial charge is 0.292 e. The maximum absolute atomic E-state index is 12.0. The van der Waals surface area contributed by atoms with Crippen molar-refractivity contribution in [1.82, 2.24) is 24.8 Å². The molecule has 0 atom stereocenters. The van der Waals surface area contributed by atoms with Crippen LogP contribution in [0.1, 0.15) is 28.8 Å². The van der Waals surface area contributed by atoms with Crippen LogP contribution < -0.4 is 0 Å². The first-order valence-corrected chi connectivity index (χ1v) is 5.51. The molecule has 0 fully saturated rings. The molecule has 0 unspecified atom stereocenters. The molecule has 90 valence electrons. The average Bonchev–Trinajstić information content (AvgIpc) is 2.85. The van der Waals surface area contributed by atoms with Crippen molar-refractivity contribution >= 4 is 5.78 Å². The van der Waals surface area contributed by atoms with Crippen LogP contribution in [0.2, 0.25) is 0 Å². The molecule has 0 aliphatic rings. The number of hydrogen-bond acceptors (Lipinski definition) is 4. The van der Waals surface area contributed by atoms with E-state index in [4.69, 9.17) is 0 Å². The van der Waals surface area contributed by atoms with Crippen molar-refractivity contribution in [1.29, 1.82) is 0 Å². The molecule has 0 saturated heterocycles. The van der Waals surface area contributed by atoms with Crippen LogP contribution in [-0.2, 0) is 26.9 Å². The summed E-state index contributed by atoms with van der Waals surface area (Å²) in [7, 11) is 3.56. The van der Waals surface area contributed by atoms with Crippen LogP contribution >= 0.6 is 0 Å². The summed E-state index contributed by atoms with van der Waals surface area (Å²) in [5, 5.41) is 12.0. The monoisotopic (exact) mass is 233 g/mol. The molecule has 6 nitrogen and oxygen atoms in total. The number of hydrogen-bond donors (Lipinski definition) is 0. The molecule has 0 radical (unpaired) electrons. The van der Waals surface area contributed by atoms with E-state index in [1.54, 1.807) is 29.7 Å². The topological polar surface area (TPSA) is 65.6 Å². The van der Waals surface area contributed by atoms with Gasteiger partial charge in [0.1, 0.15) is 5.69 Å². The Morgan fingerprint density at radius 2 is 2.12 bits per heavy atom. The zero-order valence-corrected chi connectivity index (χ0v) is 10.2. The number of aryl methyl sites for hydroxylation is 3. The highest BCUT2D eigenvalue weighted by atomic mass is 16.1. The van der Waals surface area contributed by atoms with Crippen molar-refractivity contribution in [2.75, 3.05) is 0 Å². The summed E-state index contributed by atoms with van der Waals surface area (Å²) >= 11 is 0. The van der Waals surface area contributed by atoms with Crippen molar-refractivity contribution in [3.8, 4) is 0 Å². The molecule has 2 rings (SSSR count). The molecule has 0 spiro atoms. The van der Waals surface area contributed by atoms with Gasteiger partial charge in [-0.1, -0.05) is 12.1 Å². The van der Waals surface area contributed by atoms with Crippen LogP contribution in [0, 0.1) is 0 Å². The number of nitrogens with zero attached hydrogens (tertiary/aromatic N) is 5. The third-order valence-electron chi connectivity index (χ3n) is 2.57.